The van der Waals surface area contributed by atoms with Crippen molar-refractivity contribution in [3.63, 3.8) is 0 Å². The summed E-state index contributed by atoms with van der Waals surface area (Å²) < 4.78 is 8.16. The first-order chi connectivity index (χ1) is 15.0. The Morgan fingerprint density at radius 2 is 1.84 bits per heavy atom. The Bertz CT molecular complexity index is 1190. The van der Waals surface area contributed by atoms with Crippen LogP contribution in [0.2, 0.25) is 0 Å². The monoisotopic (exact) mass is 434 g/mol. The van der Waals surface area contributed by atoms with E-state index in [4.69, 9.17) is 14.8 Å². The van der Waals surface area contributed by atoms with Crippen LogP contribution in [0.4, 0.5) is 0 Å². The molecule has 2 heterocycles. The lowest BCUT2D eigenvalue weighted by atomic mass is 10.2. The van der Waals surface area contributed by atoms with E-state index in [-0.39, 0.29) is 6.42 Å². The minimum Gasteiger partial charge on any atom is -0.494 e. The van der Waals surface area contributed by atoms with E-state index in [0.717, 1.165) is 46.0 Å². The van der Waals surface area contributed by atoms with Crippen LogP contribution in [0.1, 0.15) is 36.1 Å². The highest BCUT2D eigenvalue weighted by Gasteiger charge is 2.16. The zero-order valence-electron chi connectivity index (χ0n) is 17.8. The zero-order valence-corrected chi connectivity index (χ0v) is 18.6. The number of fused-ring (bicyclic) bond motifs is 1. The number of benzene rings is 2. The second kappa shape index (κ2) is 9.35. The van der Waals surface area contributed by atoms with Crippen molar-refractivity contribution >= 4 is 28.3 Å². The number of rotatable bonds is 9. The molecule has 2 aromatic carbocycles. The molecule has 0 saturated heterocycles. The normalized spacial score (nSPS) is 11.2. The molecule has 31 heavy (non-hydrogen) atoms. The smallest absolute Gasteiger partial charge is 0.303 e. The van der Waals surface area contributed by atoms with E-state index in [0.29, 0.717) is 13.0 Å². The Labute approximate surface area is 185 Å². The molecule has 4 rings (SSSR count). The predicted molar refractivity (Wildman–Crippen MR) is 125 cm³/mol. The number of carboxylic acid groups (broad SMARTS) is 1. The Hall–Kier alpha value is -3.12. The highest BCUT2D eigenvalue weighted by molar-refractivity contribution is 7.15. The fourth-order valence-corrected chi connectivity index (χ4v) is 4.41. The van der Waals surface area contributed by atoms with E-state index in [1.807, 2.05) is 18.2 Å². The highest BCUT2D eigenvalue weighted by atomic mass is 32.1. The number of aliphatic carboxylic acids is 1. The molecule has 0 saturated carbocycles. The zero-order chi connectivity index (χ0) is 21.8. The summed E-state index contributed by atoms with van der Waals surface area (Å²) in [6.45, 7) is 4.76. The molecule has 5 nitrogen and oxygen atoms in total. The van der Waals surface area contributed by atoms with Crippen LogP contribution in [-0.2, 0) is 4.79 Å². The van der Waals surface area contributed by atoms with Gasteiger partial charge in [-0.15, -0.1) is 11.3 Å². The number of aryl methyl sites for hydroxylation is 2. The first-order valence-corrected chi connectivity index (χ1v) is 11.3. The number of nitrogens with zero attached hydrogens (tertiary/aromatic N) is 2. The summed E-state index contributed by atoms with van der Waals surface area (Å²) in [5.41, 5.74) is 4.22. The number of carboxylic acids is 1. The maximum absolute atomic E-state index is 10.6. The molecule has 1 N–H and O–H groups in total. The highest BCUT2D eigenvalue weighted by Crippen LogP contribution is 2.34. The molecular weight excluding hydrogens is 408 g/mol. The summed E-state index contributed by atoms with van der Waals surface area (Å²) >= 11 is 1.74. The number of thiophene rings is 1. The second-order valence-corrected chi connectivity index (χ2v) is 9.01. The van der Waals surface area contributed by atoms with Gasteiger partial charge >= 0.3 is 5.97 Å². The van der Waals surface area contributed by atoms with Gasteiger partial charge in [0.05, 0.1) is 22.5 Å². The molecule has 2 aromatic heterocycles. The van der Waals surface area contributed by atoms with E-state index in [9.17, 15) is 4.79 Å². The largest absolute Gasteiger partial charge is 0.494 e. The van der Waals surface area contributed by atoms with Gasteiger partial charge in [-0.1, -0.05) is 17.7 Å². The number of ether oxygens (including phenoxy) is 1. The number of hydrogen-bond donors (Lipinski definition) is 1. The average Bonchev–Trinajstić information content (AvgIpc) is 3.34. The van der Waals surface area contributed by atoms with Crippen molar-refractivity contribution in [1.82, 2.24) is 9.55 Å². The van der Waals surface area contributed by atoms with Crippen molar-refractivity contribution in [3.05, 3.63) is 65.0 Å². The first kappa shape index (κ1) is 21.1. The Balaban J connectivity index is 1.63. The molecule has 0 fully saturated rings. The number of hydrogen-bond acceptors (Lipinski definition) is 4. The Morgan fingerprint density at radius 1 is 1.03 bits per heavy atom. The fraction of sp³-hybridized carbons (Fsp3) is 0.280. The van der Waals surface area contributed by atoms with Gasteiger partial charge in [0.15, 0.2) is 5.82 Å². The van der Waals surface area contributed by atoms with E-state index in [1.165, 1.54) is 10.4 Å². The van der Waals surface area contributed by atoms with Crippen molar-refractivity contribution in [2.45, 2.75) is 39.5 Å². The third-order valence-corrected chi connectivity index (χ3v) is 6.18. The van der Waals surface area contributed by atoms with Crippen LogP contribution < -0.4 is 4.74 Å². The summed E-state index contributed by atoms with van der Waals surface area (Å²) in [5.74, 6) is 0.989. The van der Waals surface area contributed by atoms with Crippen molar-refractivity contribution in [3.8, 4) is 22.1 Å². The fourth-order valence-electron chi connectivity index (χ4n) is 3.57. The number of imidazole rings is 1. The quantitative estimate of drug-likeness (QED) is 0.310. The predicted octanol–water partition coefficient (Wildman–Crippen LogP) is 6.39. The van der Waals surface area contributed by atoms with E-state index in [1.54, 1.807) is 11.3 Å². The summed E-state index contributed by atoms with van der Waals surface area (Å²) in [6, 6.07) is 18.7. The minimum atomic E-state index is -0.743. The van der Waals surface area contributed by atoms with Gasteiger partial charge in [0, 0.05) is 23.1 Å². The van der Waals surface area contributed by atoms with Crippen molar-refractivity contribution < 1.29 is 14.6 Å². The van der Waals surface area contributed by atoms with Gasteiger partial charge in [-0.2, -0.15) is 0 Å². The molecule has 0 atom stereocenters. The van der Waals surface area contributed by atoms with E-state index < -0.39 is 5.97 Å². The van der Waals surface area contributed by atoms with Gasteiger partial charge in [-0.25, -0.2) is 4.98 Å². The molecule has 0 unspecified atom stereocenters. The van der Waals surface area contributed by atoms with Crippen LogP contribution >= 0.6 is 11.3 Å². The van der Waals surface area contributed by atoms with Crippen LogP contribution in [-0.4, -0.2) is 27.2 Å². The maximum atomic E-state index is 10.6. The van der Waals surface area contributed by atoms with Crippen molar-refractivity contribution in [1.29, 1.82) is 0 Å². The van der Waals surface area contributed by atoms with E-state index in [2.05, 4.69) is 54.8 Å². The Kier molecular flexibility index (Phi) is 6.37. The molecule has 6 heteroatoms. The summed E-state index contributed by atoms with van der Waals surface area (Å²) in [6.07, 6.45) is 2.58. The van der Waals surface area contributed by atoms with Crippen LogP contribution in [0.3, 0.4) is 0 Å². The van der Waals surface area contributed by atoms with Crippen LogP contribution in [0.25, 0.3) is 27.4 Å². The molecule has 0 aliphatic heterocycles. The number of aromatic nitrogens is 2. The topological polar surface area (TPSA) is 64.4 Å². The molecule has 0 radical (unpaired) electrons. The molecule has 160 valence electrons. The lowest BCUT2D eigenvalue weighted by Crippen LogP contribution is -2.00. The van der Waals surface area contributed by atoms with Crippen molar-refractivity contribution in [2.75, 3.05) is 6.61 Å². The summed E-state index contributed by atoms with van der Waals surface area (Å²) in [5, 5.41) is 8.73. The van der Waals surface area contributed by atoms with Gasteiger partial charge in [0.1, 0.15) is 5.75 Å². The second-order valence-electron chi connectivity index (χ2n) is 7.72. The van der Waals surface area contributed by atoms with Gasteiger partial charge < -0.3 is 9.84 Å². The SMILES string of the molecule is Cc1ccc(-n2c(-c3ccc(C)s3)nc3ccc(OCCCCCC(=O)O)cc32)cc1. The molecule has 4 aromatic rings. The van der Waals surface area contributed by atoms with Gasteiger partial charge in [0.25, 0.3) is 0 Å². The van der Waals surface area contributed by atoms with E-state index >= 15 is 0 Å². The van der Waals surface area contributed by atoms with Gasteiger partial charge in [-0.05, 0) is 69.5 Å². The summed E-state index contributed by atoms with van der Waals surface area (Å²) in [4.78, 5) is 17.9. The number of carbonyl (C=O) groups is 1. The molecular formula is C25H26N2O3S. The molecule has 0 aliphatic carbocycles. The molecule has 0 amide bonds. The maximum Gasteiger partial charge on any atom is 0.303 e. The minimum absolute atomic E-state index is 0.215. The van der Waals surface area contributed by atoms with Crippen LogP contribution in [0, 0.1) is 13.8 Å². The molecule has 0 bridgehead atoms. The lowest BCUT2D eigenvalue weighted by molar-refractivity contribution is -0.137. The van der Waals surface area contributed by atoms with Gasteiger partial charge in [0.2, 0.25) is 0 Å². The lowest BCUT2D eigenvalue weighted by Gasteiger charge is -2.10. The molecule has 0 aliphatic rings. The molecule has 0 spiro atoms. The van der Waals surface area contributed by atoms with Crippen LogP contribution in [0.5, 0.6) is 5.75 Å². The summed E-state index contributed by atoms with van der Waals surface area (Å²) in [7, 11) is 0. The van der Waals surface area contributed by atoms with Crippen LogP contribution in [0.15, 0.2) is 54.6 Å². The third kappa shape index (κ3) is 4.97. The average molecular weight is 435 g/mol. The van der Waals surface area contributed by atoms with Crippen molar-refractivity contribution in [2.24, 2.45) is 0 Å². The third-order valence-electron chi connectivity index (χ3n) is 5.18. The standard InChI is InChI=1S/C25H26N2O3S/c1-17-7-10-19(11-8-17)27-22-16-20(30-15-5-3-4-6-24(28)29)12-13-21(22)26-25(27)23-14-9-18(2)31-23/h7-14,16H,3-6,15H2,1-2H3,(H,28,29). The number of unbranched alkanes of at least 4 members (excludes halogenated alkanes) is 2. The van der Waals surface area contributed by atoms with Gasteiger partial charge in [-0.3, -0.25) is 9.36 Å². The Morgan fingerprint density at radius 3 is 2.55 bits per heavy atom. The first-order valence-electron chi connectivity index (χ1n) is 10.5.